The van der Waals surface area contributed by atoms with Crippen LogP contribution in [0.25, 0.3) is 0 Å². The van der Waals surface area contributed by atoms with E-state index >= 15 is 0 Å². The Bertz CT molecular complexity index is 177. The van der Waals surface area contributed by atoms with E-state index in [2.05, 4.69) is 4.90 Å². The van der Waals surface area contributed by atoms with Crippen LogP contribution in [-0.2, 0) is 14.3 Å². The molecule has 0 saturated heterocycles. The third kappa shape index (κ3) is 6.93. The lowest BCUT2D eigenvalue weighted by Crippen LogP contribution is -2.37. The first-order chi connectivity index (χ1) is 7.65. The van der Waals surface area contributed by atoms with E-state index in [0.29, 0.717) is 25.5 Å². The fourth-order valence-electron chi connectivity index (χ4n) is 1.31. The number of rotatable bonds is 10. The van der Waals surface area contributed by atoms with Crippen LogP contribution < -0.4 is 0 Å². The topological polar surface area (TPSA) is 38.8 Å². The number of hydrogen-bond acceptors (Lipinski definition) is 4. The average Bonchev–Trinajstić information content (AvgIpc) is 2.31. The predicted molar refractivity (Wildman–Crippen MR) is 64.7 cm³/mol. The van der Waals surface area contributed by atoms with Crippen molar-refractivity contribution in [1.29, 1.82) is 0 Å². The van der Waals surface area contributed by atoms with Crippen molar-refractivity contribution in [3.8, 4) is 0 Å². The Hall–Kier alpha value is -0.450. The maximum absolute atomic E-state index is 11.8. The summed E-state index contributed by atoms with van der Waals surface area (Å²) in [7, 11) is 3.34. The quantitative estimate of drug-likeness (QED) is 0.566. The molecule has 0 aromatic heterocycles. The van der Waals surface area contributed by atoms with Gasteiger partial charge < -0.3 is 9.47 Å². The van der Waals surface area contributed by atoms with E-state index in [4.69, 9.17) is 9.47 Å². The second-order valence-electron chi connectivity index (χ2n) is 4.04. The van der Waals surface area contributed by atoms with Crippen molar-refractivity contribution in [2.24, 2.45) is 5.92 Å². The Balaban J connectivity index is 4.02. The van der Waals surface area contributed by atoms with Crippen molar-refractivity contribution in [2.45, 2.75) is 20.3 Å². The van der Waals surface area contributed by atoms with Crippen molar-refractivity contribution < 1.29 is 14.3 Å². The van der Waals surface area contributed by atoms with E-state index in [-0.39, 0.29) is 5.92 Å². The fraction of sp³-hybridized carbons (Fsp3) is 0.917. The van der Waals surface area contributed by atoms with Gasteiger partial charge in [0.25, 0.3) is 0 Å². The van der Waals surface area contributed by atoms with Gasteiger partial charge in [0, 0.05) is 33.2 Å². The molecule has 0 radical (unpaired) electrons. The predicted octanol–water partition coefficient (Wildman–Crippen LogP) is 1.20. The lowest BCUT2D eigenvalue weighted by atomic mass is 10.0. The summed E-state index contributed by atoms with van der Waals surface area (Å²) in [5.74, 6) is 0.447. The smallest absolute Gasteiger partial charge is 0.149 e. The molecular formula is C12H25NO3. The van der Waals surface area contributed by atoms with Crippen molar-refractivity contribution >= 4 is 5.78 Å². The molecule has 4 heteroatoms. The average molecular weight is 231 g/mol. The fourth-order valence-corrected chi connectivity index (χ4v) is 1.31. The molecule has 0 rings (SSSR count). The van der Waals surface area contributed by atoms with Crippen LogP contribution in [0.1, 0.15) is 20.3 Å². The van der Waals surface area contributed by atoms with Crippen molar-refractivity contribution in [3.05, 3.63) is 0 Å². The molecule has 4 nitrogen and oxygen atoms in total. The number of ether oxygens (including phenoxy) is 2. The van der Waals surface area contributed by atoms with Gasteiger partial charge in [-0.2, -0.15) is 0 Å². The molecule has 96 valence electrons. The summed E-state index contributed by atoms with van der Waals surface area (Å²) in [4.78, 5) is 13.9. The van der Waals surface area contributed by atoms with Crippen LogP contribution in [-0.4, -0.2) is 57.8 Å². The SMILES string of the molecule is CCC(C)C(=O)CN(CCOC)CCOC. The Kier molecular flexibility index (Phi) is 9.48. The minimum Gasteiger partial charge on any atom is -0.383 e. The van der Waals surface area contributed by atoms with Gasteiger partial charge in [-0.25, -0.2) is 0 Å². The highest BCUT2D eigenvalue weighted by atomic mass is 16.5. The zero-order valence-corrected chi connectivity index (χ0v) is 11.0. The Morgan fingerprint density at radius 2 is 1.69 bits per heavy atom. The Morgan fingerprint density at radius 3 is 2.06 bits per heavy atom. The van der Waals surface area contributed by atoms with E-state index in [1.165, 1.54) is 0 Å². The van der Waals surface area contributed by atoms with Gasteiger partial charge in [-0.3, -0.25) is 9.69 Å². The highest BCUT2D eigenvalue weighted by molar-refractivity contribution is 5.82. The van der Waals surface area contributed by atoms with Gasteiger partial charge in [0.1, 0.15) is 5.78 Å². The first-order valence-electron chi connectivity index (χ1n) is 5.88. The maximum Gasteiger partial charge on any atom is 0.149 e. The first kappa shape index (κ1) is 15.6. The molecule has 16 heavy (non-hydrogen) atoms. The molecule has 1 unspecified atom stereocenters. The molecule has 0 amide bonds. The maximum atomic E-state index is 11.8. The van der Waals surface area contributed by atoms with E-state index in [9.17, 15) is 4.79 Å². The summed E-state index contributed by atoms with van der Waals surface area (Å²) >= 11 is 0. The van der Waals surface area contributed by atoms with E-state index < -0.39 is 0 Å². The summed E-state index contributed by atoms with van der Waals surface area (Å²) in [5.41, 5.74) is 0. The van der Waals surface area contributed by atoms with Gasteiger partial charge >= 0.3 is 0 Å². The summed E-state index contributed by atoms with van der Waals surface area (Å²) in [5, 5.41) is 0. The Morgan fingerprint density at radius 1 is 1.19 bits per heavy atom. The first-order valence-corrected chi connectivity index (χ1v) is 5.88. The number of hydrogen-bond donors (Lipinski definition) is 0. The van der Waals surface area contributed by atoms with Crippen LogP contribution in [0.15, 0.2) is 0 Å². The molecule has 0 aromatic carbocycles. The van der Waals surface area contributed by atoms with Crippen LogP contribution in [0.3, 0.4) is 0 Å². The van der Waals surface area contributed by atoms with Crippen LogP contribution >= 0.6 is 0 Å². The van der Waals surface area contributed by atoms with Gasteiger partial charge in [0.15, 0.2) is 0 Å². The third-order valence-corrected chi connectivity index (χ3v) is 2.76. The lowest BCUT2D eigenvalue weighted by molar-refractivity contribution is -0.123. The van der Waals surface area contributed by atoms with Crippen LogP contribution in [0.5, 0.6) is 0 Å². The van der Waals surface area contributed by atoms with Crippen molar-refractivity contribution in [2.75, 3.05) is 47.1 Å². The molecule has 0 aliphatic carbocycles. The second-order valence-corrected chi connectivity index (χ2v) is 4.04. The summed E-state index contributed by atoms with van der Waals surface area (Å²) < 4.78 is 10.1. The molecule has 0 aliphatic heterocycles. The molecule has 0 N–H and O–H groups in total. The van der Waals surface area contributed by atoms with Crippen LogP contribution in [0.4, 0.5) is 0 Å². The normalized spacial score (nSPS) is 13.1. The monoisotopic (exact) mass is 231 g/mol. The van der Waals surface area contributed by atoms with Crippen LogP contribution in [0.2, 0.25) is 0 Å². The molecule has 0 saturated carbocycles. The molecule has 0 aliphatic rings. The number of methoxy groups -OCH3 is 2. The molecule has 1 atom stereocenters. The van der Waals surface area contributed by atoms with Gasteiger partial charge in [-0.1, -0.05) is 13.8 Å². The minimum absolute atomic E-state index is 0.146. The summed E-state index contributed by atoms with van der Waals surface area (Å²) in [6.45, 7) is 7.38. The third-order valence-electron chi connectivity index (χ3n) is 2.76. The van der Waals surface area contributed by atoms with E-state index in [0.717, 1.165) is 19.5 Å². The van der Waals surface area contributed by atoms with Crippen molar-refractivity contribution in [1.82, 2.24) is 4.90 Å². The van der Waals surface area contributed by atoms with Gasteiger partial charge in [0.2, 0.25) is 0 Å². The number of ketones is 1. The van der Waals surface area contributed by atoms with Crippen LogP contribution in [0, 0.1) is 5.92 Å². The number of carbonyl (C=O) groups is 1. The minimum atomic E-state index is 0.146. The molecule has 0 bridgehead atoms. The molecular weight excluding hydrogens is 206 g/mol. The zero-order chi connectivity index (χ0) is 12.4. The highest BCUT2D eigenvalue weighted by Crippen LogP contribution is 2.03. The van der Waals surface area contributed by atoms with E-state index in [1.807, 2.05) is 13.8 Å². The summed E-state index contributed by atoms with van der Waals surface area (Å²) in [6.07, 6.45) is 0.904. The zero-order valence-electron chi connectivity index (χ0n) is 11.0. The summed E-state index contributed by atoms with van der Waals surface area (Å²) in [6, 6.07) is 0. The second kappa shape index (κ2) is 9.75. The standard InChI is InChI=1S/C12H25NO3/c1-5-11(2)12(14)10-13(6-8-15-3)7-9-16-4/h11H,5-10H2,1-4H3. The number of carbonyl (C=O) groups excluding carboxylic acids is 1. The Labute approximate surface area is 98.9 Å². The number of nitrogens with zero attached hydrogens (tertiary/aromatic N) is 1. The van der Waals surface area contributed by atoms with E-state index in [1.54, 1.807) is 14.2 Å². The van der Waals surface area contributed by atoms with Gasteiger partial charge in [-0.05, 0) is 6.42 Å². The van der Waals surface area contributed by atoms with Gasteiger partial charge in [-0.15, -0.1) is 0 Å². The number of Topliss-reactive ketones (excluding diaryl/α,β-unsaturated/α-hetero) is 1. The molecule has 0 aromatic rings. The molecule has 0 fully saturated rings. The van der Waals surface area contributed by atoms with Crippen molar-refractivity contribution in [3.63, 3.8) is 0 Å². The van der Waals surface area contributed by atoms with Gasteiger partial charge in [0.05, 0.1) is 19.8 Å². The largest absolute Gasteiger partial charge is 0.383 e. The molecule has 0 heterocycles. The molecule has 0 spiro atoms. The lowest BCUT2D eigenvalue weighted by Gasteiger charge is -2.22. The highest BCUT2D eigenvalue weighted by Gasteiger charge is 2.15.